The number of hydrogen-bond donors (Lipinski definition) is 2. The largest absolute Gasteiger partial charge is 0.494 e. The zero-order chi connectivity index (χ0) is 18.1. The Morgan fingerprint density at radius 1 is 1.04 bits per heavy atom. The quantitative estimate of drug-likeness (QED) is 0.872. The number of rotatable bonds is 4. The smallest absolute Gasteiger partial charge is 0.119 e. The third kappa shape index (κ3) is 7.04. The maximum absolute atomic E-state index is 8.79. The Kier molecular flexibility index (Phi) is 8.22. The van der Waals surface area contributed by atoms with Gasteiger partial charge in [-0.05, 0) is 42.7 Å². The van der Waals surface area contributed by atoms with Crippen LogP contribution in [0.25, 0.3) is 0 Å². The summed E-state index contributed by atoms with van der Waals surface area (Å²) in [6.07, 6.45) is 0.393. The van der Waals surface area contributed by atoms with Crippen LogP contribution in [0, 0.1) is 0 Å². The summed E-state index contributed by atoms with van der Waals surface area (Å²) >= 11 is 6.13. The summed E-state index contributed by atoms with van der Waals surface area (Å²) in [7, 11) is 0. The van der Waals surface area contributed by atoms with Gasteiger partial charge in [-0.25, -0.2) is 0 Å². The molecule has 1 fully saturated rings. The fourth-order valence-corrected chi connectivity index (χ4v) is 2.72. The maximum Gasteiger partial charge on any atom is 0.119 e. The lowest BCUT2D eigenvalue weighted by Crippen LogP contribution is -2.32. The predicted molar refractivity (Wildman–Crippen MR) is 99.3 cm³/mol. The molecule has 0 saturated carbocycles. The lowest BCUT2D eigenvalue weighted by molar-refractivity contribution is -0.0714. The molecule has 136 valence electrons. The summed E-state index contributed by atoms with van der Waals surface area (Å²) in [4.78, 5) is 0. The number of ether oxygens (including phenoxy) is 2. The van der Waals surface area contributed by atoms with Crippen molar-refractivity contribution in [3.05, 3.63) is 64.7 Å². The molecule has 0 radical (unpaired) electrons. The Balaban J connectivity index is 0.000000236. The highest BCUT2D eigenvalue weighted by atomic mass is 35.5. The van der Waals surface area contributed by atoms with Gasteiger partial charge in [0.15, 0.2) is 0 Å². The molecule has 2 unspecified atom stereocenters. The molecule has 1 heterocycles. The van der Waals surface area contributed by atoms with Crippen LogP contribution in [-0.4, -0.2) is 42.2 Å². The number of hydrogen-bond acceptors (Lipinski definition) is 4. The van der Waals surface area contributed by atoms with Gasteiger partial charge in [-0.3, -0.25) is 0 Å². The van der Waals surface area contributed by atoms with Crippen LogP contribution >= 0.6 is 11.6 Å². The number of benzene rings is 2. The summed E-state index contributed by atoms with van der Waals surface area (Å²) in [5.74, 6) is 0.912. The van der Waals surface area contributed by atoms with Crippen LogP contribution in [0.1, 0.15) is 24.5 Å². The maximum atomic E-state index is 8.79. The predicted octanol–water partition coefficient (Wildman–Crippen LogP) is 3.46. The van der Waals surface area contributed by atoms with Gasteiger partial charge in [-0.1, -0.05) is 41.9 Å². The van der Waals surface area contributed by atoms with E-state index in [0.29, 0.717) is 26.2 Å². The zero-order valence-electron chi connectivity index (χ0n) is 14.4. The zero-order valence-corrected chi connectivity index (χ0v) is 15.2. The van der Waals surface area contributed by atoms with Crippen molar-refractivity contribution >= 4 is 11.6 Å². The first kappa shape index (κ1) is 19.7. The molecule has 1 aliphatic rings. The lowest BCUT2D eigenvalue weighted by atomic mass is 10.1. The van der Waals surface area contributed by atoms with Crippen molar-refractivity contribution in [2.75, 3.05) is 19.8 Å². The molecule has 3 rings (SSSR count). The third-order valence-corrected chi connectivity index (χ3v) is 4.12. The first-order valence-electron chi connectivity index (χ1n) is 8.47. The van der Waals surface area contributed by atoms with Gasteiger partial charge in [0.1, 0.15) is 5.75 Å². The molecule has 2 atom stereocenters. The van der Waals surface area contributed by atoms with E-state index < -0.39 is 12.2 Å². The summed E-state index contributed by atoms with van der Waals surface area (Å²) in [5, 5.41) is 18.4. The van der Waals surface area contributed by atoms with Gasteiger partial charge < -0.3 is 19.7 Å². The Morgan fingerprint density at radius 3 is 2.20 bits per heavy atom. The van der Waals surface area contributed by atoms with Gasteiger partial charge in [0.25, 0.3) is 0 Å². The highest BCUT2D eigenvalue weighted by molar-refractivity contribution is 6.31. The molecule has 0 aliphatic carbocycles. The molecule has 5 heteroatoms. The summed E-state index contributed by atoms with van der Waals surface area (Å²) in [6.45, 7) is 3.43. The molecule has 1 aliphatic heterocycles. The lowest BCUT2D eigenvalue weighted by Gasteiger charge is -2.21. The molecule has 0 amide bonds. The average molecular weight is 365 g/mol. The number of aliphatic hydroxyl groups is 2. The number of aliphatic hydroxyl groups excluding tert-OH is 2. The minimum Gasteiger partial charge on any atom is -0.494 e. The second kappa shape index (κ2) is 10.4. The van der Waals surface area contributed by atoms with E-state index in [2.05, 4.69) is 18.2 Å². The van der Waals surface area contributed by atoms with Gasteiger partial charge in [0.2, 0.25) is 0 Å². The molecule has 4 nitrogen and oxygen atoms in total. The topological polar surface area (TPSA) is 58.9 Å². The molecule has 2 aromatic carbocycles. The van der Waals surface area contributed by atoms with Crippen LogP contribution in [-0.2, 0) is 11.2 Å². The molecule has 0 bridgehead atoms. The van der Waals surface area contributed by atoms with E-state index in [4.69, 9.17) is 31.3 Å². The van der Waals surface area contributed by atoms with Crippen molar-refractivity contribution in [2.24, 2.45) is 0 Å². The minimum absolute atomic E-state index is 0.372. The van der Waals surface area contributed by atoms with E-state index in [9.17, 15) is 0 Å². The van der Waals surface area contributed by atoms with Crippen molar-refractivity contribution in [3.63, 3.8) is 0 Å². The Hall–Kier alpha value is -1.59. The molecule has 0 spiro atoms. The molecule has 2 N–H and O–H groups in total. The van der Waals surface area contributed by atoms with Crippen LogP contribution < -0.4 is 4.74 Å². The van der Waals surface area contributed by atoms with E-state index in [0.717, 1.165) is 22.8 Å². The van der Waals surface area contributed by atoms with E-state index in [-0.39, 0.29) is 0 Å². The van der Waals surface area contributed by atoms with Gasteiger partial charge in [0, 0.05) is 11.4 Å². The van der Waals surface area contributed by atoms with Crippen LogP contribution in [0.15, 0.2) is 48.5 Å². The number of halogens is 1. The van der Waals surface area contributed by atoms with Crippen molar-refractivity contribution in [3.8, 4) is 5.75 Å². The second-order valence-electron chi connectivity index (χ2n) is 5.93. The fourth-order valence-electron chi connectivity index (χ4n) is 2.52. The fraction of sp³-hybridized carbons (Fsp3) is 0.400. The van der Waals surface area contributed by atoms with Gasteiger partial charge in [0.05, 0.1) is 32.0 Å². The van der Waals surface area contributed by atoms with Crippen LogP contribution in [0.4, 0.5) is 0 Å². The second-order valence-corrected chi connectivity index (χ2v) is 6.33. The SMILES string of the molecule is CCOc1ccc(Cc2ccccc2Cl)cc1.OC1COCC(O)C1. The Morgan fingerprint density at radius 2 is 1.68 bits per heavy atom. The molecular weight excluding hydrogens is 340 g/mol. The molecular formula is C20H25ClO4. The van der Waals surface area contributed by atoms with E-state index in [1.165, 1.54) is 5.56 Å². The molecule has 1 saturated heterocycles. The monoisotopic (exact) mass is 364 g/mol. The van der Waals surface area contributed by atoms with Gasteiger partial charge in [-0.15, -0.1) is 0 Å². The summed E-state index contributed by atoms with van der Waals surface area (Å²) < 4.78 is 10.2. The highest BCUT2D eigenvalue weighted by Gasteiger charge is 2.17. The Bertz CT molecular complexity index is 622. The first-order valence-corrected chi connectivity index (χ1v) is 8.85. The van der Waals surface area contributed by atoms with Crippen LogP contribution in [0.5, 0.6) is 5.75 Å². The van der Waals surface area contributed by atoms with Crippen molar-refractivity contribution in [2.45, 2.75) is 32.0 Å². The highest BCUT2D eigenvalue weighted by Crippen LogP contribution is 2.20. The minimum atomic E-state index is -0.459. The standard InChI is InChI=1S/C15H15ClO.C5H10O3/c1-2-17-14-9-7-12(8-10-14)11-13-5-3-4-6-15(13)16;6-4-1-5(7)3-8-2-4/h3-10H,2,11H2,1H3;4-7H,1-3H2. The van der Waals surface area contributed by atoms with Gasteiger partial charge in [-0.2, -0.15) is 0 Å². The molecule has 0 aromatic heterocycles. The van der Waals surface area contributed by atoms with E-state index in [1.54, 1.807) is 0 Å². The summed E-state index contributed by atoms with van der Waals surface area (Å²) in [5.41, 5.74) is 2.39. The van der Waals surface area contributed by atoms with Crippen LogP contribution in [0.3, 0.4) is 0 Å². The third-order valence-electron chi connectivity index (χ3n) is 3.75. The molecule has 2 aromatic rings. The van der Waals surface area contributed by atoms with Crippen LogP contribution in [0.2, 0.25) is 5.02 Å². The van der Waals surface area contributed by atoms with E-state index >= 15 is 0 Å². The molecule has 25 heavy (non-hydrogen) atoms. The summed E-state index contributed by atoms with van der Waals surface area (Å²) in [6, 6.07) is 16.1. The van der Waals surface area contributed by atoms with Crippen molar-refractivity contribution in [1.82, 2.24) is 0 Å². The van der Waals surface area contributed by atoms with E-state index in [1.807, 2.05) is 37.3 Å². The normalized spacial score (nSPS) is 19.7. The van der Waals surface area contributed by atoms with Crippen molar-refractivity contribution < 1.29 is 19.7 Å². The van der Waals surface area contributed by atoms with Crippen molar-refractivity contribution in [1.29, 1.82) is 0 Å². The first-order chi connectivity index (χ1) is 12.1. The van der Waals surface area contributed by atoms with Gasteiger partial charge >= 0.3 is 0 Å². The Labute approximate surface area is 154 Å². The average Bonchev–Trinajstić information content (AvgIpc) is 2.59.